The van der Waals surface area contributed by atoms with Gasteiger partial charge in [-0.25, -0.2) is 9.78 Å². The van der Waals surface area contributed by atoms with E-state index in [0.717, 1.165) is 4.57 Å². The summed E-state index contributed by atoms with van der Waals surface area (Å²) in [5, 5.41) is -0.00180. The monoisotopic (exact) mass is 335 g/mol. The zero-order valence-electron chi connectivity index (χ0n) is 13.8. The number of carbonyl (C=O) groups excluding carboxylic acids is 2. The lowest BCUT2D eigenvalue weighted by atomic mass is 9.82. The van der Waals surface area contributed by atoms with Gasteiger partial charge in [0.1, 0.15) is 5.65 Å². The van der Waals surface area contributed by atoms with Crippen LogP contribution in [0.1, 0.15) is 37.5 Å². The van der Waals surface area contributed by atoms with Gasteiger partial charge >= 0.3 is 5.69 Å². The fourth-order valence-corrected chi connectivity index (χ4v) is 3.36. The molecule has 0 saturated heterocycles. The normalized spacial score (nSPS) is 13.1. The van der Waals surface area contributed by atoms with E-state index in [4.69, 9.17) is 0 Å². The van der Waals surface area contributed by atoms with Gasteiger partial charge < -0.3 is 0 Å². The molecule has 2 heterocycles. The van der Waals surface area contributed by atoms with Crippen LogP contribution >= 0.6 is 0 Å². The molecule has 0 unspecified atom stereocenters. The molecule has 124 valence electrons. The first kappa shape index (κ1) is 15.2. The van der Waals surface area contributed by atoms with Gasteiger partial charge in [0.25, 0.3) is 5.56 Å². The van der Waals surface area contributed by atoms with Crippen LogP contribution in [0.25, 0.3) is 11.0 Å². The van der Waals surface area contributed by atoms with Crippen LogP contribution in [0.5, 0.6) is 0 Å². The van der Waals surface area contributed by atoms with Gasteiger partial charge in [0, 0.05) is 25.2 Å². The maximum Gasteiger partial charge on any atom is 0.332 e. The molecule has 7 nitrogen and oxygen atoms in total. The lowest BCUT2D eigenvalue weighted by Gasteiger charge is -2.21. The Hall–Kier alpha value is -3.35. The number of fused-ring (bicyclic) bond motifs is 4. The fourth-order valence-electron chi connectivity index (χ4n) is 3.36. The first-order valence-corrected chi connectivity index (χ1v) is 7.63. The van der Waals surface area contributed by atoms with E-state index in [2.05, 4.69) is 4.98 Å². The highest BCUT2D eigenvalue weighted by Crippen LogP contribution is 2.31. The standard InChI is InChI=1S/C18H13N3O4/c1-8-11-12(15(23)10-7-5-4-6-9(10)14(11)22)13-16(19-8)20(2)18(25)21(3)17(13)24/h4-7H,1-3H3. The summed E-state index contributed by atoms with van der Waals surface area (Å²) in [5.74, 6) is -0.746. The van der Waals surface area contributed by atoms with Crippen molar-refractivity contribution >= 4 is 22.6 Å². The van der Waals surface area contributed by atoms with Gasteiger partial charge in [-0.1, -0.05) is 24.3 Å². The third-order valence-corrected chi connectivity index (χ3v) is 4.64. The van der Waals surface area contributed by atoms with Crippen LogP contribution in [0.3, 0.4) is 0 Å². The number of hydrogen-bond acceptors (Lipinski definition) is 5. The van der Waals surface area contributed by atoms with E-state index in [0.29, 0.717) is 11.3 Å². The van der Waals surface area contributed by atoms with Crippen molar-refractivity contribution in [2.75, 3.05) is 0 Å². The molecule has 0 fully saturated rings. The average molecular weight is 335 g/mol. The molecule has 1 aliphatic carbocycles. The highest BCUT2D eigenvalue weighted by atomic mass is 16.2. The molecule has 1 aromatic carbocycles. The molecule has 2 aromatic heterocycles. The molecule has 25 heavy (non-hydrogen) atoms. The van der Waals surface area contributed by atoms with Crippen molar-refractivity contribution in [2.45, 2.75) is 6.92 Å². The second-order valence-electron chi connectivity index (χ2n) is 6.06. The largest absolute Gasteiger partial charge is 0.332 e. The Balaban J connectivity index is 2.30. The van der Waals surface area contributed by atoms with E-state index in [9.17, 15) is 19.2 Å². The topological polar surface area (TPSA) is 91.0 Å². The van der Waals surface area contributed by atoms with E-state index in [1.54, 1.807) is 31.2 Å². The molecule has 1 aliphatic rings. The number of rotatable bonds is 0. The molecule has 0 aliphatic heterocycles. The Labute approximate surface area is 141 Å². The summed E-state index contributed by atoms with van der Waals surface area (Å²) >= 11 is 0. The van der Waals surface area contributed by atoms with Crippen LogP contribution in [0.4, 0.5) is 0 Å². The van der Waals surface area contributed by atoms with Crippen LogP contribution < -0.4 is 11.2 Å². The molecule has 4 rings (SSSR count). The van der Waals surface area contributed by atoms with E-state index in [-0.39, 0.29) is 33.5 Å². The number of aryl methyl sites for hydroxylation is 2. The summed E-state index contributed by atoms with van der Waals surface area (Å²) in [6.45, 7) is 1.60. The smallest absolute Gasteiger partial charge is 0.289 e. The lowest BCUT2D eigenvalue weighted by molar-refractivity contribution is 0.0979. The zero-order chi connectivity index (χ0) is 18.0. The molecule has 0 amide bonds. The average Bonchev–Trinajstić information content (AvgIpc) is 2.61. The molecule has 0 spiro atoms. The fraction of sp³-hybridized carbons (Fsp3) is 0.167. The number of pyridine rings is 1. The van der Waals surface area contributed by atoms with Crippen molar-refractivity contribution in [2.24, 2.45) is 14.1 Å². The van der Waals surface area contributed by atoms with Gasteiger partial charge in [-0.15, -0.1) is 0 Å². The van der Waals surface area contributed by atoms with Gasteiger partial charge in [0.05, 0.1) is 22.2 Å². The van der Waals surface area contributed by atoms with Crippen molar-refractivity contribution in [3.63, 3.8) is 0 Å². The summed E-state index contributed by atoms with van der Waals surface area (Å²) in [7, 11) is 2.81. The van der Waals surface area contributed by atoms with Crippen LogP contribution in [0.15, 0.2) is 33.9 Å². The predicted octanol–water partition coefficient (Wildman–Crippen LogP) is 0.716. The molecule has 0 bridgehead atoms. The predicted molar refractivity (Wildman–Crippen MR) is 90.3 cm³/mol. The zero-order valence-corrected chi connectivity index (χ0v) is 13.8. The van der Waals surface area contributed by atoms with E-state index in [1.807, 2.05) is 0 Å². The number of carbonyl (C=O) groups is 2. The van der Waals surface area contributed by atoms with Crippen LogP contribution in [-0.2, 0) is 14.1 Å². The van der Waals surface area contributed by atoms with Gasteiger partial charge in [-0.2, -0.15) is 0 Å². The van der Waals surface area contributed by atoms with Crippen LogP contribution in [0, 0.1) is 6.92 Å². The minimum absolute atomic E-state index is 0.00180. The van der Waals surface area contributed by atoms with E-state index >= 15 is 0 Å². The number of nitrogens with zero attached hydrogens (tertiary/aromatic N) is 3. The molecular weight excluding hydrogens is 322 g/mol. The second kappa shape index (κ2) is 4.83. The second-order valence-corrected chi connectivity index (χ2v) is 6.06. The van der Waals surface area contributed by atoms with Crippen molar-refractivity contribution in [1.82, 2.24) is 14.1 Å². The molecule has 0 radical (unpaired) electrons. The van der Waals surface area contributed by atoms with Crippen molar-refractivity contribution < 1.29 is 9.59 Å². The SMILES string of the molecule is Cc1nc2c(c3c1C(=O)c1ccccc1C3=O)c(=O)n(C)c(=O)n2C. The van der Waals surface area contributed by atoms with Gasteiger partial charge in [-0.3, -0.25) is 23.5 Å². The first-order chi connectivity index (χ1) is 11.8. The van der Waals surface area contributed by atoms with Crippen LogP contribution in [0.2, 0.25) is 0 Å². The summed E-state index contributed by atoms with van der Waals surface area (Å²) in [4.78, 5) is 55.1. The van der Waals surface area contributed by atoms with Crippen molar-refractivity contribution in [1.29, 1.82) is 0 Å². The minimum atomic E-state index is -0.637. The Morgan fingerprint density at radius 1 is 0.840 bits per heavy atom. The highest BCUT2D eigenvalue weighted by molar-refractivity contribution is 6.32. The number of hydrogen-bond donors (Lipinski definition) is 0. The first-order valence-electron chi connectivity index (χ1n) is 7.63. The maximum absolute atomic E-state index is 13.1. The summed E-state index contributed by atoms with van der Waals surface area (Å²) in [6, 6.07) is 6.49. The summed E-state index contributed by atoms with van der Waals surface area (Å²) in [5.41, 5.74) is -0.0479. The summed E-state index contributed by atoms with van der Waals surface area (Å²) < 4.78 is 2.13. The van der Waals surface area contributed by atoms with Gasteiger partial charge in [0.15, 0.2) is 11.6 Å². The molecule has 0 saturated carbocycles. The third kappa shape index (κ3) is 1.77. The molecule has 0 atom stereocenters. The number of aromatic nitrogens is 3. The van der Waals surface area contributed by atoms with Gasteiger partial charge in [0.2, 0.25) is 0 Å². The summed E-state index contributed by atoms with van der Waals surface area (Å²) in [6.07, 6.45) is 0. The Morgan fingerprint density at radius 3 is 2.00 bits per heavy atom. The van der Waals surface area contributed by atoms with E-state index < -0.39 is 17.0 Å². The molecule has 0 N–H and O–H groups in total. The lowest BCUT2D eigenvalue weighted by Crippen LogP contribution is -2.39. The third-order valence-electron chi connectivity index (χ3n) is 4.64. The molecule has 7 heteroatoms. The maximum atomic E-state index is 13.1. The number of ketones is 2. The van der Waals surface area contributed by atoms with E-state index in [1.165, 1.54) is 18.7 Å². The minimum Gasteiger partial charge on any atom is -0.289 e. The highest BCUT2D eigenvalue weighted by Gasteiger charge is 2.34. The number of benzene rings is 1. The van der Waals surface area contributed by atoms with Crippen molar-refractivity contribution in [3.8, 4) is 0 Å². The Kier molecular flexibility index (Phi) is 2.93. The molecular formula is C18H13N3O4. The van der Waals surface area contributed by atoms with Crippen molar-refractivity contribution in [3.05, 3.63) is 73.1 Å². The van der Waals surface area contributed by atoms with Gasteiger partial charge in [-0.05, 0) is 6.92 Å². The van der Waals surface area contributed by atoms with Crippen LogP contribution in [-0.4, -0.2) is 25.7 Å². The Bertz CT molecular complexity index is 1250. The Morgan fingerprint density at radius 2 is 1.40 bits per heavy atom. The molecule has 3 aromatic rings. The quantitative estimate of drug-likeness (QED) is 0.472.